The molecule has 1 N–H and O–H groups in total. The van der Waals surface area contributed by atoms with E-state index in [1.807, 2.05) is 52.9 Å². The molecule has 0 saturated carbocycles. The summed E-state index contributed by atoms with van der Waals surface area (Å²) in [6.45, 7) is 0.292. The topological polar surface area (TPSA) is 67.9 Å². The van der Waals surface area contributed by atoms with Gasteiger partial charge in [0.05, 0.1) is 12.3 Å². The van der Waals surface area contributed by atoms with Crippen LogP contribution < -0.4 is 5.56 Å². The lowest BCUT2D eigenvalue weighted by atomic mass is 10.1. The smallest absolute Gasteiger partial charge is 0.265 e. The van der Waals surface area contributed by atoms with E-state index in [1.54, 1.807) is 13.3 Å². The van der Waals surface area contributed by atoms with Crippen LogP contribution in [0.5, 0.6) is 0 Å². The molecule has 106 valence electrons. The fourth-order valence-electron chi connectivity index (χ4n) is 2.16. The molecule has 0 aliphatic heterocycles. The average Bonchev–Trinajstić information content (AvgIpc) is 2.51. The number of H-pyrrole nitrogens is 1. The average molecular weight is 393 g/mol. The molecule has 21 heavy (non-hydrogen) atoms. The molecule has 0 spiro atoms. The van der Waals surface area contributed by atoms with E-state index in [4.69, 9.17) is 4.74 Å². The van der Waals surface area contributed by atoms with Gasteiger partial charge >= 0.3 is 0 Å². The highest BCUT2D eigenvalue weighted by Crippen LogP contribution is 2.23. The van der Waals surface area contributed by atoms with Gasteiger partial charge in [-0.25, -0.2) is 4.98 Å². The number of aromatic nitrogens is 3. The number of hydrogen-bond acceptors (Lipinski definition) is 4. The van der Waals surface area contributed by atoms with Crippen LogP contribution in [0.15, 0.2) is 41.3 Å². The molecule has 2 heterocycles. The Labute approximate surface area is 134 Å². The van der Waals surface area contributed by atoms with E-state index in [-0.39, 0.29) is 5.56 Å². The molecule has 0 saturated heterocycles. The minimum absolute atomic E-state index is 0.178. The van der Waals surface area contributed by atoms with Gasteiger partial charge in [0.2, 0.25) is 0 Å². The van der Waals surface area contributed by atoms with Crippen molar-refractivity contribution in [3.63, 3.8) is 0 Å². The lowest BCUT2D eigenvalue weighted by Crippen LogP contribution is -2.17. The Balaban J connectivity index is 2.26. The highest BCUT2D eigenvalue weighted by Gasteiger charge is 2.13. The molecule has 0 radical (unpaired) electrons. The Bertz CT molecular complexity index is 856. The number of rotatable bonds is 3. The van der Waals surface area contributed by atoms with E-state index in [2.05, 4.69) is 15.0 Å². The number of halogens is 1. The molecule has 0 atom stereocenters. The maximum absolute atomic E-state index is 12.1. The molecule has 3 aromatic rings. The van der Waals surface area contributed by atoms with Crippen LogP contribution in [0.4, 0.5) is 0 Å². The van der Waals surface area contributed by atoms with E-state index in [1.165, 1.54) is 0 Å². The lowest BCUT2D eigenvalue weighted by Gasteiger charge is -2.08. The summed E-state index contributed by atoms with van der Waals surface area (Å²) < 4.78 is 5.64. The molecule has 0 amide bonds. The fourth-order valence-corrected chi connectivity index (χ4v) is 2.57. The van der Waals surface area contributed by atoms with Crippen molar-refractivity contribution in [3.8, 4) is 11.5 Å². The summed E-state index contributed by atoms with van der Waals surface area (Å²) in [5.74, 6) is 0.462. The molecule has 3 rings (SSSR count). The first-order valence-corrected chi connectivity index (χ1v) is 7.40. The predicted octanol–water partition coefficient (Wildman–Crippen LogP) is 2.74. The van der Waals surface area contributed by atoms with E-state index in [9.17, 15) is 4.79 Å². The number of nitrogens with one attached hydrogen (secondary N) is 1. The minimum atomic E-state index is -0.178. The van der Waals surface area contributed by atoms with Gasteiger partial charge in [-0.15, -0.1) is 0 Å². The van der Waals surface area contributed by atoms with Gasteiger partial charge in [-0.2, -0.15) is 0 Å². The summed E-state index contributed by atoms with van der Waals surface area (Å²) in [7, 11) is 1.58. The first-order valence-electron chi connectivity index (χ1n) is 6.32. The number of benzene rings is 1. The van der Waals surface area contributed by atoms with Crippen LogP contribution in [0, 0.1) is 3.57 Å². The molecule has 0 unspecified atom stereocenters. The van der Waals surface area contributed by atoms with Crippen LogP contribution in [-0.2, 0) is 11.3 Å². The second-order valence-electron chi connectivity index (χ2n) is 4.49. The van der Waals surface area contributed by atoms with Crippen molar-refractivity contribution in [1.82, 2.24) is 15.0 Å². The van der Waals surface area contributed by atoms with E-state index < -0.39 is 0 Å². The van der Waals surface area contributed by atoms with Crippen LogP contribution in [-0.4, -0.2) is 22.1 Å². The molecule has 0 aliphatic carbocycles. The molecule has 1 aromatic carbocycles. The summed E-state index contributed by atoms with van der Waals surface area (Å²) in [5, 5.41) is 2.00. The van der Waals surface area contributed by atoms with Crippen molar-refractivity contribution >= 4 is 33.4 Å². The number of aromatic amines is 1. The summed E-state index contributed by atoms with van der Waals surface area (Å²) in [5.41, 5.74) is 1.10. The molecule has 0 aliphatic rings. The predicted molar refractivity (Wildman–Crippen MR) is 89.0 cm³/mol. The Morgan fingerprint density at radius 1 is 1.29 bits per heavy atom. The van der Waals surface area contributed by atoms with Crippen LogP contribution >= 0.6 is 22.6 Å². The van der Waals surface area contributed by atoms with Gasteiger partial charge in [-0.1, -0.05) is 24.3 Å². The number of hydrogen-bond donors (Lipinski definition) is 1. The fraction of sp³-hybridized carbons (Fsp3) is 0.133. The number of nitrogens with zero attached hydrogens (tertiary/aromatic N) is 2. The number of pyridine rings is 1. The van der Waals surface area contributed by atoms with Crippen molar-refractivity contribution in [2.45, 2.75) is 6.61 Å². The van der Waals surface area contributed by atoms with Gasteiger partial charge in [0, 0.05) is 18.7 Å². The highest BCUT2D eigenvalue weighted by atomic mass is 127. The maximum Gasteiger partial charge on any atom is 0.265 e. The van der Waals surface area contributed by atoms with Gasteiger partial charge in [0.1, 0.15) is 9.26 Å². The molecule has 2 aromatic heterocycles. The Hall–Kier alpha value is -1.80. The van der Waals surface area contributed by atoms with Crippen LogP contribution in [0.2, 0.25) is 0 Å². The summed E-state index contributed by atoms with van der Waals surface area (Å²) >= 11 is 1.98. The number of methoxy groups -OCH3 is 1. The SMILES string of the molecule is COCc1nc(-c2nccc3ccccc23)[nH]c(=O)c1I. The number of ether oxygens (including phenoxy) is 1. The van der Waals surface area contributed by atoms with Gasteiger partial charge in [-0.05, 0) is 34.0 Å². The monoisotopic (exact) mass is 393 g/mol. The molecule has 6 heteroatoms. The van der Waals surface area contributed by atoms with Gasteiger partial charge in [0.15, 0.2) is 5.82 Å². The zero-order valence-corrected chi connectivity index (χ0v) is 13.4. The molecule has 0 fully saturated rings. The molecule has 0 bridgehead atoms. The van der Waals surface area contributed by atoms with Crippen molar-refractivity contribution < 1.29 is 4.74 Å². The zero-order chi connectivity index (χ0) is 14.8. The zero-order valence-electron chi connectivity index (χ0n) is 11.3. The Morgan fingerprint density at radius 2 is 2.10 bits per heavy atom. The van der Waals surface area contributed by atoms with Crippen LogP contribution in [0.3, 0.4) is 0 Å². The van der Waals surface area contributed by atoms with Crippen LogP contribution in [0.25, 0.3) is 22.3 Å². The minimum Gasteiger partial charge on any atom is -0.378 e. The second-order valence-corrected chi connectivity index (χ2v) is 5.57. The van der Waals surface area contributed by atoms with Crippen molar-refractivity contribution in [3.05, 3.63) is 56.1 Å². The van der Waals surface area contributed by atoms with E-state index in [0.29, 0.717) is 27.4 Å². The Kier molecular flexibility index (Phi) is 3.98. The van der Waals surface area contributed by atoms with E-state index >= 15 is 0 Å². The first kappa shape index (κ1) is 14.2. The lowest BCUT2D eigenvalue weighted by molar-refractivity contribution is 0.180. The summed E-state index contributed by atoms with van der Waals surface area (Å²) in [6.07, 6.45) is 1.71. The van der Waals surface area contributed by atoms with Crippen molar-refractivity contribution in [1.29, 1.82) is 0 Å². The third-order valence-electron chi connectivity index (χ3n) is 3.11. The quantitative estimate of drug-likeness (QED) is 0.695. The summed E-state index contributed by atoms with van der Waals surface area (Å²) in [4.78, 5) is 23.7. The van der Waals surface area contributed by atoms with E-state index in [0.717, 1.165) is 10.8 Å². The first-order chi connectivity index (χ1) is 10.2. The third-order valence-corrected chi connectivity index (χ3v) is 4.22. The van der Waals surface area contributed by atoms with Gasteiger partial charge in [0.25, 0.3) is 5.56 Å². The normalized spacial score (nSPS) is 11.0. The van der Waals surface area contributed by atoms with Crippen LogP contribution in [0.1, 0.15) is 5.69 Å². The van der Waals surface area contributed by atoms with Gasteiger partial charge in [-0.3, -0.25) is 9.78 Å². The van der Waals surface area contributed by atoms with Gasteiger partial charge < -0.3 is 9.72 Å². The van der Waals surface area contributed by atoms with Crippen molar-refractivity contribution in [2.75, 3.05) is 7.11 Å². The summed E-state index contributed by atoms with van der Waals surface area (Å²) in [6, 6.07) is 9.80. The third kappa shape index (κ3) is 2.68. The van der Waals surface area contributed by atoms with Crippen molar-refractivity contribution in [2.24, 2.45) is 0 Å². The molecule has 5 nitrogen and oxygen atoms in total. The largest absolute Gasteiger partial charge is 0.378 e. The standard InChI is InChI=1S/C15H12IN3O2/c1-21-8-11-12(16)15(20)19-14(18-11)13-10-5-3-2-4-9(10)6-7-17-13/h2-7H,8H2,1H3,(H,18,19,20). The molecular weight excluding hydrogens is 381 g/mol. The molecular formula is C15H12IN3O2. The number of fused-ring (bicyclic) bond motifs is 1. The maximum atomic E-state index is 12.1. The highest BCUT2D eigenvalue weighted by molar-refractivity contribution is 14.1. The second kappa shape index (κ2) is 5.90. The Morgan fingerprint density at radius 3 is 2.90 bits per heavy atom.